The summed E-state index contributed by atoms with van der Waals surface area (Å²) < 4.78 is 14.7. The van der Waals surface area contributed by atoms with Crippen molar-refractivity contribution < 1.29 is 9.18 Å². The molecule has 2 aromatic carbocycles. The van der Waals surface area contributed by atoms with Gasteiger partial charge in [-0.25, -0.2) is 9.37 Å². The van der Waals surface area contributed by atoms with E-state index in [1.54, 1.807) is 12.1 Å². The zero-order chi connectivity index (χ0) is 25.1. The molecule has 176 valence electrons. The van der Waals surface area contributed by atoms with Crippen LogP contribution in [0.5, 0.6) is 0 Å². The lowest BCUT2D eigenvalue weighted by molar-refractivity contribution is -0.118. The fraction of sp³-hybridized carbons (Fsp3) is 0.222. The van der Waals surface area contributed by atoms with E-state index in [0.717, 1.165) is 15.7 Å². The van der Waals surface area contributed by atoms with E-state index in [4.69, 9.17) is 11.5 Å². The molecule has 0 fully saturated rings. The van der Waals surface area contributed by atoms with Crippen molar-refractivity contribution in [3.05, 3.63) is 86.8 Å². The lowest BCUT2D eigenvalue weighted by Crippen LogP contribution is -2.39. The number of nitrogen functional groups attached to an aromatic ring is 2. The number of allylic oxidation sites excluding steroid dienone is 2. The van der Waals surface area contributed by atoms with Crippen LogP contribution in [0.2, 0.25) is 0 Å². The number of benzene rings is 2. The van der Waals surface area contributed by atoms with E-state index in [9.17, 15) is 14.4 Å². The Morgan fingerprint density at radius 1 is 1.11 bits per heavy atom. The first-order chi connectivity index (χ1) is 16.6. The highest BCUT2D eigenvalue weighted by molar-refractivity contribution is 9.10. The number of rotatable bonds is 2. The number of anilines is 4. The Bertz CT molecular complexity index is 1440. The number of nitriles is 1. The van der Waals surface area contributed by atoms with Gasteiger partial charge in [0.05, 0.1) is 5.69 Å². The minimum absolute atomic E-state index is 0.0101. The zero-order valence-corrected chi connectivity index (χ0v) is 20.9. The molecule has 1 aromatic heterocycles. The first kappa shape index (κ1) is 23.1. The van der Waals surface area contributed by atoms with Gasteiger partial charge in [0, 0.05) is 39.3 Å². The average molecular weight is 532 g/mol. The fourth-order valence-electron chi connectivity index (χ4n) is 5.15. The van der Waals surface area contributed by atoms with Crippen LogP contribution < -0.4 is 16.4 Å². The van der Waals surface area contributed by atoms with Crippen molar-refractivity contribution in [2.45, 2.75) is 32.6 Å². The van der Waals surface area contributed by atoms with Crippen LogP contribution in [0.25, 0.3) is 0 Å². The number of aromatic nitrogens is 1. The molecule has 2 heterocycles. The van der Waals surface area contributed by atoms with Crippen LogP contribution in [0.15, 0.2) is 64.3 Å². The molecule has 2 aliphatic rings. The quantitative estimate of drug-likeness (QED) is 0.423. The number of fused-ring (bicyclic) bond motifs is 1. The molecule has 8 heteroatoms. The second-order valence-corrected chi connectivity index (χ2v) is 10.6. The number of halogens is 2. The number of pyridine rings is 1. The highest BCUT2D eigenvalue weighted by Gasteiger charge is 2.45. The molecule has 0 saturated carbocycles. The number of hydrogen-bond donors (Lipinski definition) is 2. The van der Waals surface area contributed by atoms with Gasteiger partial charge in [0.15, 0.2) is 5.78 Å². The summed E-state index contributed by atoms with van der Waals surface area (Å²) in [5.41, 5.74) is 16.2. The molecule has 3 aromatic rings. The minimum Gasteiger partial charge on any atom is -0.397 e. The van der Waals surface area contributed by atoms with Crippen LogP contribution in [0.1, 0.15) is 49.3 Å². The van der Waals surface area contributed by atoms with Crippen molar-refractivity contribution in [2.75, 3.05) is 16.4 Å². The van der Waals surface area contributed by atoms with Crippen LogP contribution in [-0.4, -0.2) is 10.8 Å². The second-order valence-electron chi connectivity index (χ2n) is 9.73. The molecule has 1 aliphatic carbocycles. The predicted octanol–water partition coefficient (Wildman–Crippen LogP) is 5.95. The predicted molar refractivity (Wildman–Crippen MR) is 137 cm³/mol. The number of carbonyl (C=O) groups excluding carboxylic acids is 1. The highest BCUT2D eigenvalue weighted by Crippen LogP contribution is 2.55. The maximum atomic E-state index is 13.8. The molecule has 0 spiro atoms. The van der Waals surface area contributed by atoms with Crippen molar-refractivity contribution in [2.24, 2.45) is 5.41 Å². The van der Waals surface area contributed by atoms with E-state index in [1.165, 1.54) is 12.1 Å². The summed E-state index contributed by atoms with van der Waals surface area (Å²) in [6.07, 6.45) is 0.971. The van der Waals surface area contributed by atoms with Gasteiger partial charge < -0.3 is 11.5 Å². The Balaban J connectivity index is 1.90. The van der Waals surface area contributed by atoms with Gasteiger partial charge in [0.25, 0.3) is 0 Å². The van der Waals surface area contributed by atoms with Gasteiger partial charge in [0.2, 0.25) is 0 Å². The van der Waals surface area contributed by atoms with Crippen molar-refractivity contribution in [3.8, 4) is 6.07 Å². The van der Waals surface area contributed by atoms with Gasteiger partial charge in [-0.1, -0.05) is 41.9 Å². The van der Waals surface area contributed by atoms with E-state index >= 15 is 0 Å². The molecule has 5 rings (SSSR count). The lowest BCUT2D eigenvalue weighted by atomic mass is 9.68. The fourth-order valence-corrected chi connectivity index (χ4v) is 5.42. The number of nitrogens with zero attached hydrogens (tertiary/aromatic N) is 3. The minimum atomic E-state index is -0.520. The van der Waals surface area contributed by atoms with Crippen LogP contribution >= 0.6 is 15.9 Å². The molecule has 1 aliphatic heterocycles. The van der Waals surface area contributed by atoms with E-state index < -0.39 is 5.92 Å². The summed E-state index contributed by atoms with van der Waals surface area (Å²) in [7, 11) is 0. The van der Waals surface area contributed by atoms with Gasteiger partial charge >= 0.3 is 0 Å². The topological polar surface area (TPSA) is 109 Å². The smallest absolute Gasteiger partial charge is 0.162 e. The van der Waals surface area contributed by atoms with Crippen molar-refractivity contribution >= 4 is 44.7 Å². The van der Waals surface area contributed by atoms with Crippen LogP contribution in [0, 0.1) is 22.6 Å². The van der Waals surface area contributed by atoms with Gasteiger partial charge in [-0.15, -0.1) is 0 Å². The maximum absolute atomic E-state index is 13.8. The van der Waals surface area contributed by atoms with Gasteiger partial charge in [0.1, 0.15) is 29.1 Å². The van der Waals surface area contributed by atoms with Crippen molar-refractivity contribution in [3.63, 3.8) is 0 Å². The number of ketones is 1. The van der Waals surface area contributed by atoms with Gasteiger partial charge in [-0.3, -0.25) is 9.69 Å². The summed E-state index contributed by atoms with van der Waals surface area (Å²) in [6, 6.07) is 15.8. The summed E-state index contributed by atoms with van der Waals surface area (Å²) >= 11 is 3.48. The first-order valence-electron chi connectivity index (χ1n) is 11.2. The molecule has 4 N–H and O–H groups in total. The molecule has 1 atom stereocenters. The Morgan fingerprint density at radius 3 is 2.40 bits per heavy atom. The second kappa shape index (κ2) is 8.21. The summed E-state index contributed by atoms with van der Waals surface area (Å²) in [4.78, 5) is 20.3. The highest BCUT2D eigenvalue weighted by atomic mass is 79.9. The van der Waals surface area contributed by atoms with Crippen LogP contribution in [0.3, 0.4) is 0 Å². The third kappa shape index (κ3) is 3.76. The van der Waals surface area contributed by atoms with Gasteiger partial charge in [-0.2, -0.15) is 5.26 Å². The van der Waals surface area contributed by atoms with Crippen molar-refractivity contribution in [1.82, 2.24) is 4.98 Å². The standard InChI is InChI=1S/C27H23BrFN5O/c1-27(2)11-19-22(20(35)12-27)21(14-3-5-15(28)6-4-14)23-24(31)18(13-30)25(32)33-26(23)34(19)17-9-7-16(29)8-10-17/h3-10,21H,11-12H2,1-2H3,(H4,31,32,33). The Morgan fingerprint density at radius 2 is 1.77 bits per heavy atom. The SMILES string of the molecule is CC1(C)CC(=O)C2=C(C1)N(c1ccc(F)cc1)c1nc(N)c(C#N)c(N)c1C2c1ccc(Br)cc1. The Labute approximate surface area is 211 Å². The molecule has 0 amide bonds. The lowest BCUT2D eigenvalue weighted by Gasteiger charge is -2.44. The monoisotopic (exact) mass is 531 g/mol. The Kier molecular flexibility index (Phi) is 5.41. The summed E-state index contributed by atoms with van der Waals surface area (Å²) in [5.74, 6) is -0.427. The van der Waals surface area contributed by atoms with E-state index in [1.807, 2.05) is 29.2 Å². The number of nitrogens with two attached hydrogens (primary N) is 2. The third-order valence-electron chi connectivity index (χ3n) is 6.64. The molecule has 0 radical (unpaired) electrons. The first-order valence-corrected chi connectivity index (χ1v) is 12.0. The van der Waals surface area contributed by atoms with E-state index in [2.05, 4.69) is 40.8 Å². The maximum Gasteiger partial charge on any atom is 0.162 e. The van der Waals surface area contributed by atoms with Crippen LogP contribution in [0.4, 0.5) is 27.4 Å². The van der Waals surface area contributed by atoms with E-state index in [0.29, 0.717) is 35.5 Å². The van der Waals surface area contributed by atoms with Gasteiger partial charge in [-0.05, 0) is 53.8 Å². The number of carbonyl (C=O) groups is 1. The van der Waals surface area contributed by atoms with E-state index in [-0.39, 0.29) is 34.1 Å². The average Bonchev–Trinajstić information content (AvgIpc) is 2.79. The molecular formula is C27H23BrFN5O. The molecule has 35 heavy (non-hydrogen) atoms. The Hall–Kier alpha value is -3.70. The largest absolute Gasteiger partial charge is 0.397 e. The molecule has 0 saturated heterocycles. The molecule has 6 nitrogen and oxygen atoms in total. The normalized spacial score (nSPS) is 18.7. The third-order valence-corrected chi connectivity index (χ3v) is 7.17. The summed E-state index contributed by atoms with van der Waals surface area (Å²) in [6.45, 7) is 4.10. The number of hydrogen-bond acceptors (Lipinski definition) is 6. The zero-order valence-electron chi connectivity index (χ0n) is 19.3. The summed E-state index contributed by atoms with van der Waals surface area (Å²) in [5, 5.41) is 9.77. The van der Waals surface area contributed by atoms with Crippen LogP contribution in [-0.2, 0) is 4.79 Å². The number of Topliss-reactive ketones (excluding diaryl/α,β-unsaturated/α-hetero) is 1. The molecular weight excluding hydrogens is 509 g/mol. The molecule has 1 unspecified atom stereocenters. The van der Waals surface area contributed by atoms with Crippen molar-refractivity contribution in [1.29, 1.82) is 5.26 Å². The molecule has 0 bridgehead atoms.